The van der Waals surface area contributed by atoms with E-state index in [1.54, 1.807) is 6.08 Å². The fraction of sp³-hybridized carbons (Fsp3) is 0.296. The van der Waals surface area contributed by atoms with Crippen molar-refractivity contribution in [1.29, 1.82) is 0 Å². The molecule has 2 aromatic carbocycles. The minimum absolute atomic E-state index is 0.100. The lowest BCUT2D eigenvalue weighted by molar-refractivity contribution is -0.135. The Kier molecular flexibility index (Phi) is 7.42. The van der Waals surface area contributed by atoms with Gasteiger partial charge in [-0.2, -0.15) is 0 Å². The zero-order valence-corrected chi connectivity index (χ0v) is 23.7. The number of halogens is 2. The molecule has 1 aromatic heterocycles. The summed E-state index contributed by atoms with van der Waals surface area (Å²) in [6, 6.07) is 13.7. The Bertz CT molecular complexity index is 1380. The van der Waals surface area contributed by atoms with Gasteiger partial charge in [0.25, 0.3) is 11.1 Å². The van der Waals surface area contributed by atoms with E-state index in [4.69, 9.17) is 0 Å². The van der Waals surface area contributed by atoms with E-state index < -0.39 is 0 Å². The van der Waals surface area contributed by atoms with Crippen LogP contribution >= 0.6 is 43.6 Å². The van der Waals surface area contributed by atoms with Crippen LogP contribution in [0.1, 0.15) is 37.3 Å². The number of amides is 3. The van der Waals surface area contributed by atoms with E-state index in [9.17, 15) is 14.4 Å². The van der Waals surface area contributed by atoms with Crippen LogP contribution in [0, 0.1) is 0 Å². The van der Waals surface area contributed by atoms with Gasteiger partial charge in [-0.15, -0.1) is 0 Å². The summed E-state index contributed by atoms with van der Waals surface area (Å²) in [6.07, 6.45) is 6.91. The van der Waals surface area contributed by atoms with Crippen LogP contribution in [0.15, 0.2) is 62.5 Å². The van der Waals surface area contributed by atoms with Crippen molar-refractivity contribution >= 4 is 77.7 Å². The molecule has 3 amide bonds. The van der Waals surface area contributed by atoms with Crippen molar-refractivity contribution in [3.8, 4) is 0 Å². The van der Waals surface area contributed by atoms with E-state index in [2.05, 4.69) is 38.8 Å². The van der Waals surface area contributed by atoms with Gasteiger partial charge in [-0.25, -0.2) is 0 Å². The summed E-state index contributed by atoms with van der Waals surface area (Å²) < 4.78 is 3.79. The molecule has 0 N–H and O–H groups in total. The van der Waals surface area contributed by atoms with E-state index in [0.29, 0.717) is 4.91 Å². The predicted octanol–water partition coefficient (Wildman–Crippen LogP) is 6.80. The lowest BCUT2D eigenvalue weighted by Crippen LogP contribution is -2.43. The van der Waals surface area contributed by atoms with Gasteiger partial charge in [0.15, 0.2) is 0 Å². The fourth-order valence-electron chi connectivity index (χ4n) is 4.80. The van der Waals surface area contributed by atoms with E-state index in [-0.39, 0.29) is 36.2 Å². The number of likely N-dealkylation sites (tertiary alicyclic amines) is 1. The normalized spacial score (nSPS) is 19.6. The maximum atomic E-state index is 13.2. The van der Waals surface area contributed by atoms with Crippen molar-refractivity contribution in [3.05, 3.63) is 73.6 Å². The van der Waals surface area contributed by atoms with Crippen LogP contribution < -0.4 is 0 Å². The Morgan fingerprint density at radius 2 is 1.83 bits per heavy atom. The lowest BCUT2D eigenvalue weighted by Gasteiger charge is -2.33. The molecule has 0 spiro atoms. The number of fused-ring (bicyclic) bond motifs is 1. The SMILES string of the molecule is C[C@H]1CCCCN1C(=O)Cn1cc(/C=C2\SC(=O)N(Cc3ccc(Br)cc3)C2=O)c2cc(Br)ccc21. The molecule has 9 heteroatoms. The van der Waals surface area contributed by atoms with Crippen molar-refractivity contribution in [2.24, 2.45) is 0 Å². The quantitative estimate of drug-likeness (QED) is 0.291. The van der Waals surface area contributed by atoms with Gasteiger partial charge in [0.2, 0.25) is 5.91 Å². The van der Waals surface area contributed by atoms with Crippen molar-refractivity contribution in [2.75, 3.05) is 6.54 Å². The van der Waals surface area contributed by atoms with Gasteiger partial charge in [-0.1, -0.05) is 44.0 Å². The lowest BCUT2D eigenvalue weighted by atomic mass is 10.0. The third-order valence-corrected chi connectivity index (χ3v) is 8.65. The Hall–Kier alpha value is -2.36. The number of nitrogens with zero attached hydrogens (tertiary/aromatic N) is 3. The average Bonchev–Trinajstić information content (AvgIpc) is 3.31. The molecule has 36 heavy (non-hydrogen) atoms. The maximum Gasteiger partial charge on any atom is 0.293 e. The number of rotatable bonds is 5. The number of benzene rings is 2. The van der Waals surface area contributed by atoms with Gasteiger partial charge in [0.05, 0.1) is 11.4 Å². The highest BCUT2D eigenvalue weighted by atomic mass is 79.9. The molecule has 0 radical (unpaired) electrons. The van der Waals surface area contributed by atoms with Gasteiger partial charge < -0.3 is 9.47 Å². The third-order valence-electron chi connectivity index (χ3n) is 6.72. The number of imide groups is 1. The standard InChI is InChI=1S/C27H25Br2N3O3S/c1-17-4-2-3-11-31(17)25(33)16-30-15-19(22-13-21(29)9-10-23(22)30)12-24-26(34)32(27(35)36-24)14-18-5-7-20(28)8-6-18/h5-10,12-13,15,17H,2-4,11,14,16H2,1H3/b24-12-/t17-/m0/s1. The molecule has 5 rings (SSSR count). The molecule has 186 valence electrons. The molecular weight excluding hydrogens is 606 g/mol. The molecule has 1 atom stereocenters. The topological polar surface area (TPSA) is 62.6 Å². The molecule has 0 bridgehead atoms. The minimum atomic E-state index is -0.304. The van der Waals surface area contributed by atoms with Crippen LogP contribution in [0.3, 0.4) is 0 Å². The predicted molar refractivity (Wildman–Crippen MR) is 150 cm³/mol. The Morgan fingerprint density at radius 3 is 2.58 bits per heavy atom. The second-order valence-electron chi connectivity index (χ2n) is 9.20. The molecule has 2 aliphatic rings. The largest absolute Gasteiger partial charge is 0.338 e. The van der Waals surface area contributed by atoms with Crippen LogP contribution in [-0.4, -0.2) is 44.0 Å². The highest BCUT2D eigenvalue weighted by Gasteiger charge is 2.35. The highest BCUT2D eigenvalue weighted by Crippen LogP contribution is 2.36. The second-order valence-corrected chi connectivity index (χ2v) is 12.0. The summed E-state index contributed by atoms with van der Waals surface area (Å²) in [6.45, 7) is 3.37. The molecular formula is C27H25Br2N3O3S. The van der Waals surface area contributed by atoms with Crippen molar-refractivity contribution in [3.63, 3.8) is 0 Å². The van der Waals surface area contributed by atoms with Gasteiger partial charge in [-0.3, -0.25) is 19.3 Å². The number of hydrogen-bond donors (Lipinski definition) is 0. The monoisotopic (exact) mass is 629 g/mol. The number of piperidine rings is 1. The summed E-state index contributed by atoms with van der Waals surface area (Å²) >= 11 is 7.90. The van der Waals surface area contributed by atoms with E-state index >= 15 is 0 Å². The Balaban J connectivity index is 1.43. The minimum Gasteiger partial charge on any atom is -0.338 e. The maximum absolute atomic E-state index is 13.2. The second kappa shape index (κ2) is 10.6. The van der Waals surface area contributed by atoms with Crippen LogP contribution in [0.4, 0.5) is 4.79 Å². The molecule has 2 saturated heterocycles. The smallest absolute Gasteiger partial charge is 0.293 e. The molecule has 6 nitrogen and oxygen atoms in total. The first-order valence-electron chi connectivity index (χ1n) is 11.9. The van der Waals surface area contributed by atoms with Crippen molar-refractivity contribution < 1.29 is 14.4 Å². The summed E-state index contributed by atoms with van der Waals surface area (Å²) in [5.74, 6) is -0.203. The molecule has 0 saturated carbocycles. The number of thioether (sulfide) groups is 1. The van der Waals surface area contributed by atoms with Crippen molar-refractivity contribution in [1.82, 2.24) is 14.4 Å². The molecule has 0 aliphatic carbocycles. The molecule has 0 unspecified atom stereocenters. The number of carbonyl (C=O) groups excluding carboxylic acids is 3. The molecule has 3 heterocycles. The van der Waals surface area contributed by atoms with Crippen LogP contribution in [0.25, 0.3) is 17.0 Å². The Labute approximate surface area is 230 Å². The van der Waals surface area contributed by atoms with Gasteiger partial charge >= 0.3 is 0 Å². The summed E-state index contributed by atoms with van der Waals surface area (Å²) in [4.78, 5) is 42.6. The van der Waals surface area contributed by atoms with E-state index in [0.717, 1.165) is 68.5 Å². The summed E-state index contributed by atoms with van der Waals surface area (Å²) in [5.41, 5.74) is 2.60. The van der Waals surface area contributed by atoms with Gasteiger partial charge in [0, 0.05) is 44.2 Å². The molecule has 3 aromatic rings. The van der Waals surface area contributed by atoms with Crippen LogP contribution in [-0.2, 0) is 22.7 Å². The van der Waals surface area contributed by atoms with Crippen molar-refractivity contribution in [2.45, 2.75) is 45.3 Å². The zero-order chi connectivity index (χ0) is 25.4. The first-order valence-corrected chi connectivity index (χ1v) is 14.3. The van der Waals surface area contributed by atoms with E-state index in [1.807, 2.05) is 58.1 Å². The number of hydrogen-bond acceptors (Lipinski definition) is 4. The first kappa shape index (κ1) is 25.3. The summed E-state index contributed by atoms with van der Waals surface area (Å²) in [5, 5.41) is 0.636. The zero-order valence-electron chi connectivity index (χ0n) is 19.7. The average molecular weight is 631 g/mol. The van der Waals surface area contributed by atoms with E-state index in [1.165, 1.54) is 4.90 Å². The number of carbonyl (C=O) groups is 3. The Morgan fingerprint density at radius 1 is 1.08 bits per heavy atom. The van der Waals surface area contributed by atoms with Crippen LogP contribution in [0.5, 0.6) is 0 Å². The molecule has 2 fully saturated rings. The first-order chi connectivity index (χ1) is 17.3. The van der Waals surface area contributed by atoms with Gasteiger partial charge in [0.1, 0.15) is 6.54 Å². The molecule has 2 aliphatic heterocycles. The highest BCUT2D eigenvalue weighted by molar-refractivity contribution is 9.10. The van der Waals surface area contributed by atoms with Crippen LogP contribution in [0.2, 0.25) is 0 Å². The van der Waals surface area contributed by atoms with Gasteiger partial charge in [-0.05, 0) is 79.9 Å². The third kappa shape index (κ3) is 5.19. The number of aromatic nitrogens is 1. The fourth-order valence-corrected chi connectivity index (χ4v) is 6.25. The summed E-state index contributed by atoms with van der Waals surface area (Å²) in [7, 11) is 0.